The van der Waals surface area contributed by atoms with Gasteiger partial charge in [0.1, 0.15) is 0 Å². The highest BCUT2D eigenvalue weighted by molar-refractivity contribution is 5.89. The second-order valence-electron chi connectivity index (χ2n) is 5.67. The van der Waals surface area contributed by atoms with Crippen LogP contribution in [0.15, 0.2) is 24.3 Å². The summed E-state index contributed by atoms with van der Waals surface area (Å²) in [5.74, 6) is -1.33. The van der Waals surface area contributed by atoms with Gasteiger partial charge < -0.3 is 10.1 Å². The van der Waals surface area contributed by atoms with E-state index in [1.165, 1.54) is 6.07 Å². The van der Waals surface area contributed by atoms with Crippen molar-refractivity contribution in [2.45, 2.75) is 32.1 Å². The largest absolute Gasteiger partial charge is 0.454 e. The maximum Gasteiger partial charge on any atom is 0.422 e. The molecule has 0 radical (unpaired) electrons. The topological polar surface area (TPSA) is 89.0 Å². The van der Waals surface area contributed by atoms with Crippen molar-refractivity contribution in [2.24, 2.45) is 0 Å². The summed E-state index contributed by atoms with van der Waals surface area (Å²) in [4.78, 5) is 22.6. The first-order valence-electron chi connectivity index (χ1n) is 8.16. The molecule has 1 amide bonds. The van der Waals surface area contributed by atoms with Crippen LogP contribution in [0.4, 0.5) is 43.9 Å². The Labute approximate surface area is 160 Å². The van der Waals surface area contributed by atoms with Crippen LogP contribution in [0.1, 0.15) is 25.3 Å². The van der Waals surface area contributed by atoms with E-state index in [2.05, 4.69) is 30.3 Å². The Morgan fingerprint density at radius 3 is 2.38 bits per heavy atom. The molecule has 0 spiro atoms. The predicted octanol–water partition coefficient (Wildman–Crippen LogP) is 4.31. The van der Waals surface area contributed by atoms with E-state index in [-0.39, 0.29) is 12.1 Å². The molecule has 2 N–H and O–H groups in total. The van der Waals surface area contributed by atoms with Gasteiger partial charge in [0.15, 0.2) is 6.61 Å². The maximum absolute atomic E-state index is 12.8. The summed E-state index contributed by atoms with van der Waals surface area (Å²) in [5, 5.41) is 4.68. The fraction of sp³-hybridized carbons (Fsp3) is 0.375. The number of rotatable bonds is 7. The van der Waals surface area contributed by atoms with E-state index in [1.807, 2.05) is 0 Å². The molecule has 0 saturated carbocycles. The van der Waals surface area contributed by atoms with Crippen molar-refractivity contribution in [3.8, 4) is 6.01 Å². The van der Waals surface area contributed by atoms with Crippen LogP contribution in [0, 0.1) is 0 Å². The Bertz CT molecular complexity index is 856. The number of alkyl halides is 6. The number of hydrogen-bond donors (Lipinski definition) is 2. The molecule has 0 atom stereocenters. The molecule has 0 aliphatic heterocycles. The number of nitrogens with one attached hydrogen (secondary N) is 2. The number of carbonyl (C=O) groups excluding carboxylic acids is 1. The second kappa shape index (κ2) is 8.92. The average molecular weight is 423 g/mol. The third-order valence-electron chi connectivity index (χ3n) is 3.15. The highest BCUT2D eigenvalue weighted by Crippen LogP contribution is 2.31. The zero-order chi connectivity index (χ0) is 21.7. The lowest BCUT2D eigenvalue weighted by Crippen LogP contribution is -2.21. The number of anilines is 3. The predicted molar refractivity (Wildman–Crippen MR) is 89.6 cm³/mol. The van der Waals surface area contributed by atoms with E-state index in [0.717, 1.165) is 18.2 Å². The van der Waals surface area contributed by atoms with Crippen LogP contribution in [0.2, 0.25) is 0 Å². The Kier molecular flexibility index (Phi) is 6.82. The molecular weight excluding hydrogens is 408 g/mol. The number of aromatic nitrogens is 3. The molecule has 0 fully saturated rings. The minimum atomic E-state index is -4.67. The molecule has 7 nitrogen and oxygen atoms in total. The van der Waals surface area contributed by atoms with Gasteiger partial charge in [-0.3, -0.25) is 10.1 Å². The number of amides is 1. The van der Waals surface area contributed by atoms with Gasteiger partial charge >= 0.3 is 18.4 Å². The van der Waals surface area contributed by atoms with Crippen LogP contribution < -0.4 is 15.4 Å². The molecule has 0 aliphatic carbocycles. The smallest absolute Gasteiger partial charge is 0.422 e. The van der Waals surface area contributed by atoms with E-state index < -0.39 is 48.3 Å². The van der Waals surface area contributed by atoms with Crippen LogP contribution in [0.5, 0.6) is 6.01 Å². The van der Waals surface area contributed by atoms with E-state index in [1.54, 1.807) is 6.92 Å². The minimum Gasteiger partial charge on any atom is -0.454 e. The highest BCUT2D eigenvalue weighted by Gasteiger charge is 2.31. The van der Waals surface area contributed by atoms with Crippen molar-refractivity contribution in [3.05, 3.63) is 29.8 Å². The third kappa shape index (κ3) is 7.43. The number of hydrogen-bond acceptors (Lipinski definition) is 6. The van der Waals surface area contributed by atoms with Crippen LogP contribution in [0.3, 0.4) is 0 Å². The summed E-state index contributed by atoms with van der Waals surface area (Å²) in [6.45, 7) is 0.0217. The van der Waals surface area contributed by atoms with E-state index in [4.69, 9.17) is 0 Å². The first-order chi connectivity index (χ1) is 13.5. The Morgan fingerprint density at radius 2 is 1.76 bits per heavy atom. The lowest BCUT2D eigenvalue weighted by molar-refractivity contribution is -0.154. The molecule has 0 saturated heterocycles. The minimum absolute atomic E-state index is 0.0846. The lowest BCUT2D eigenvalue weighted by Gasteiger charge is -2.12. The number of benzene rings is 1. The van der Waals surface area contributed by atoms with Gasteiger partial charge in [-0.2, -0.15) is 41.3 Å². The van der Waals surface area contributed by atoms with Gasteiger partial charge in [-0.1, -0.05) is 13.0 Å². The zero-order valence-electron chi connectivity index (χ0n) is 14.9. The number of ether oxygens (including phenoxy) is 1. The quantitative estimate of drug-likeness (QED) is 0.645. The molecule has 0 aliphatic rings. The monoisotopic (exact) mass is 423 g/mol. The zero-order valence-corrected chi connectivity index (χ0v) is 14.9. The first-order valence-corrected chi connectivity index (χ1v) is 8.16. The molecule has 158 valence electrons. The summed E-state index contributed by atoms with van der Waals surface area (Å²) in [6.07, 6.45) is -8.69. The standard InChI is InChI=1S/C16H15F6N5O2/c1-2-4-11(28)24-13-25-12(26-14(27-13)29-8-15(17,18)19)23-10-6-3-5-9(7-10)16(20,21)22/h3,5-7H,2,4,8H2,1H3,(H2,23,24,25,26,27,28). The fourth-order valence-electron chi connectivity index (χ4n) is 2.00. The van der Waals surface area contributed by atoms with Gasteiger partial charge in [0.05, 0.1) is 5.56 Å². The van der Waals surface area contributed by atoms with Crippen molar-refractivity contribution in [1.29, 1.82) is 0 Å². The van der Waals surface area contributed by atoms with Gasteiger partial charge in [-0.25, -0.2) is 0 Å². The van der Waals surface area contributed by atoms with Gasteiger partial charge in [0, 0.05) is 12.1 Å². The van der Waals surface area contributed by atoms with Crippen LogP contribution >= 0.6 is 0 Å². The number of nitrogens with zero attached hydrogens (tertiary/aromatic N) is 3. The second-order valence-corrected chi connectivity index (χ2v) is 5.67. The van der Waals surface area contributed by atoms with Crippen LogP contribution in [-0.2, 0) is 11.0 Å². The fourth-order valence-corrected chi connectivity index (χ4v) is 2.00. The average Bonchev–Trinajstić information content (AvgIpc) is 2.59. The first kappa shape index (κ1) is 22.2. The van der Waals surface area contributed by atoms with Gasteiger partial charge in [-0.15, -0.1) is 0 Å². The Balaban J connectivity index is 2.30. The highest BCUT2D eigenvalue weighted by atomic mass is 19.4. The summed E-state index contributed by atoms with van der Waals surface area (Å²) < 4.78 is 80.0. The Morgan fingerprint density at radius 1 is 1.07 bits per heavy atom. The van der Waals surface area contributed by atoms with Gasteiger partial charge in [0.25, 0.3) is 0 Å². The lowest BCUT2D eigenvalue weighted by atomic mass is 10.2. The molecule has 29 heavy (non-hydrogen) atoms. The summed E-state index contributed by atoms with van der Waals surface area (Å²) in [6, 6.07) is 3.23. The molecule has 1 aromatic carbocycles. The third-order valence-corrected chi connectivity index (χ3v) is 3.15. The number of carbonyl (C=O) groups is 1. The molecule has 0 bridgehead atoms. The van der Waals surface area contributed by atoms with E-state index in [9.17, 15) is 31.1 Å². The van der Waals surface area contributed by atoms with Crippen molar-refractivity contribution in [2.75, 3.05) is 17.2 Å². The van der Waals surface area contributed by atoms with Gasteiger partial charge in [-0.05, 0) is 24.6 Å². The van der Waals surface area contributed by atoms with Crippen molar-refractivity contribution >= 4 is 23.5 Å². The van der Waals surface area contributed by atoms with Gasteiger partial charge in [0.2, 0.25) is 17.8 Å². The van der Waals surface area contributed by atoms with Crippen molar-refractivity contribution < 1.29 is 35.9 Å². The van der Waals surface area contributed by atoms with Crippen LogP contribution in [-0.4, -0.2) is 33.6 Å². The van der Waals surface area contributed by atoms with Crippen molar-refractivity contribution in [3.63, 3.8) is 0 Å². The molecule has 2 rings (SSSR count). The van der Waals surface area contributed by atoms with E-state index in [0.29, 0.717) is 6.42 Å². The molecule has 13 heteroatoms. The summed E-state index contributed by atoms with van der Waals surface area (Å²) >= 11 is 0. The van der Waals surface area contributed by atoms with E-state index >= 15 is 0 Å². The molecule has 1 aromatic heterocycles. The normalized spacial score (nSPS) is 11.8. The SMILES string of the molecule is CCCC(=O)Nc1nc(Nc2cccc(C(F)(F)F)c2)nc(OCC(F)(F)F)n1. The Hall–Kier alpha value is -3.12. The molecule has 2 aromatic rings. The molecule has 0 unspecified atom stereocenters. The van der Waals surface area contributed by atoms with Crippen LogP contribution in [0.25, 0.3) is 0 Å². The molecule has 1 heterocycles. The van der Waals surface area contributed by atoms with Crippen molar-refractivity contribution in [1.82, 2.24) is 15.0 Å². The maximum atomic E-state index is 12.8. The summed E-state index contributed by atoms with van der Waals surface area (Å²) in [7, 11) is 0. The summed E-state index contributed by atoms with van der Waals surface area (Å²) in [5.41, 5.74) is -1.04. The molecular formula is C16H15F6N5O2. The number of halogens is 6.